The van der Waals surface area contributed by atoms with Crippen LogP contribution in [-0.2, 0) is 4.74 Å². The van der Waals surface area contributed by atoms with Gasteiger partial charge in [0.05, 0.1) is 12.2 Å². The van der Waals surface area contributed by atoms with Crippen LogP contribution in [-0.4, -0.2) is 18.7 Å². The summed E-state index contributed by atoms with van der Waals surface area (Å²) in [5.74, 6) is 0.247. The molecule has 1 aromatic carbocycles. The molecular weight excluding hydrogens is 241 g/mol. The average molecular weight is 265 g/mol. The lowest BCUT2D eigenvalue weighted by atomic mass is 10.1. The molecule has 19 heavy (non-hydrogen) atoms. The molecule has 1 N–H and O–H groups in total. The van der Waals surface area contributed by atoms with E-state index in [1.54, 1.807) is 6.07 Å². The predicted octanol–water partition coefficient (Wildman–Crippen LogP) is 3.68. The minimum absolute atomic E-state index is 0.116. The van der Waals surface area contributed by atoms with Gasteiger partial charge < -0.3 is 10.1 Å². The van der Waals surface area contributed by atoms with Crippen molar-refractivity contribution in [2.24, 2.45) is 5.92 Å². The van der Waals surface area contributed by atoms with Crippen LogP contribution in [0.5, 0.6) is 0 Å². The van der Waals surface area contributed by atoms with Crippen molar-refractivity contribution in [3.63, 3.8) is 0 Å². The third-order valence-electron chi connectivity index (χ3n) is 3.74. The summed E-state index contributed by atoms with van der Waals surface area (Å²) >= 11 is 0. The summed E-state index contributed by atoms with van der Waals surface area (Å²) in [5, 5.41) is 3.44. The molecule has 1 aliphatic carbocycles. The van der Waals surface area contributed by atoms with Crippen molar-refractivity contribution in [3.8, 4) is 0 Å². The van der Waals surface area contributed by atoms with E-state index in [1.807, 2.05) is 12.1 Å². The van der Waals surface area contributed by atoms with Crippen molar-refractivity contribution in [2.45, 2.75) is 51.9 Å². The Bertz CT molecular complexity index is 403. The molecule has 2 rings (SSSR count). The molecule has 0 bridgehead atoms. The Hall–Kier alpha value is -0.930. The first-order valence-corrected chi connectivity index (χ1v) is 7.21. The predicted molar refractivity (Wildman–Crippen MR) is 75.6 cm³/mol. The van der Waals surface area contributed by atoms with Gasteiger partial charge in [0.1, 0.15) is 5.82 Å². The number of halogens is 1. The number of nitrogens with one attached hydrogen (secondary N) is 1. The molecule has 1 saturated carbocycles. The molecule has 2 unspecified atom stereocenters. The first-order valence-electron chi connectivity index (χ1n) is 7.21. The second kappa shape index (κ2) is 6.49. The molecule has 0 spiro atoms. The van der Waals surface area contributed by atoms with Gasteiger partial charge in [-0.2, -0.15) is 0 Å². The van der Waals surface area contributed by atoms with Gasteiger partial charge in [-0.3, -0.25) is 0 Å². The minimum atomic E-state index is -0.209. The van der Waals surface area contributed by atoms with Crippen LogP contribution < -0.4 is 5.32 Å². The Morgan fingerprint density at radius 2 is 1.95 bits per heavy atom. The van der Waals surface area contributed by atoms with Gasteiger partial charge in [-0.1, -0.05) is 32.0 Å². The molecule has 3 heteroatoms. The van der Waals surface area contributed by atoms with E-state index in [-0.39, 0.29) is 18.0 Å². The number of rotatable bonds is 7. The molecule has 1 fully saturated rings. The minimum Gasteiger partial charge on any atom is -0.369 e. The Kier molecular flexibility index (Phi) is 4.94. The van der Waals surface area contributed by atoms with Gasteiger partial charge in [-0.25, -0.2) is 4.39 Å². The number of hydrogen-bond donors (Lipinski definition) is 1. The largest absolute Gasteiger partial charge is 0.369 e. The van der Waals surface area contributed by atoms with Gasteiger partial charge in [-0.15, -0.1) is 0 Å². The lowest BCUT2D eigenvalue weighted by Gasteiger charge is -2.26. The number of hydrogen-bond acceptors (Lipinski definition) is 2. The van der Waals surface area contributed by atoms with Crippen LogP contribution >= 0.6 is 0 Å². The van der Waals surface area contributed by atoms with E-state index in [1.165, 1.54) is 18.9 Å². The lowest BCUT2D eigenvalue weighted by Crippen LogP contribution is -2.29. The highest BCUT2D eigenvalue weighted by atomic mass is 19.1. The molecule has 0 amide bonds. The highest BCUT2D eigenvalue weighted by molar-refractivity contribution is 5.20. The molecule has 1 aromatic rings. The summed E-state index contributed by atoms with van der Waals surface area (Å²) in [6.07, 6.45) is 2.36. The van der Waals surface area contributed by atoms with Gasteiger partial charge in [0.2, 0.25) is 0 Å². The van der Waals surface area contributed by atoms with Crippen LogP contribution in [0, 0.1) is 11.7 Å². The zero-order chi connectivity index (χ0) is 13.8. The molecule has 0 aliphatic heterocycles. The molecule has 106 valence electrons. The van der Waals surface area contributed by atoms with E-state index >= 15 is 0 Å². The van der Waals surface area contributed by atoms with Gasteiger partial charge >= 0.3 is 0 Å². The maximum absolute atomic E-state index is 13.9. The zero-order valence-corrected chi connectivity index (χ0v) is 12.0. The van der Waals surface area contributed by atoms with Crippen molar-refractivity contribution in [1.29, 1.82) is 0 Å². The smallest absolute Gasteiger partial charge is 0.129 e. The Morgan fingerprint density at radius 3 is 2.53 bits per heavy atom. The number of benzene rings is 1. The van der Waals surface area contributed by atoms with E-state index in [4.69, 9.17) is 4.74 Å². The van der Waals surface area contributed by atoms with Crippen molar-refractivity contribution < 1.29 is 9.13 Å². The molecule has 1 aliphatic rings. The van der Waals surface area contributed by atoms with Crippen LogP contribution in [0.15, 0.2) is 24.3 Å². The Balaban J connectivity index is 2.05. The normalized spacial score (nSPS) is 18.6. The van der Waals surface area contributed by atoms with E-state index in [2.05, 4.69) is 26.1 Å². The highest BCUT2D eigenvalue weighted by Crippen LogP contribution is 2.26. The molecule has 0 aromatic heterocycles. The summed E-state index contributed by atoms with van der Waals surface area (Å²) in [6.45, 7) is 6.98. The fraction of sp³-hybridized carbons (Fsp3) is 0.625. The fourth-order valence-electron chi connectivity index (χ4n) is 1.94. The molecule has 0 radical (unpaired) electrons. The molecular formula is C16H24FNO. The van der Waals surface area contributed by atoms with Crippen LogP contribution in [0.2, 0.25) is 0 Å². The van der Waals surface area contributed by atoms with Crippen LogP contribution in [0.25, 0.3) is 0 Å². The highest BCUT2D eigenvalue weighted by Gasteiger charge is 2.25. The van der Waals surface area contributed by atoms with Crippen LogP contribution in [0.3, 0.4) is 0 Å². The van der Waals surface area contributed by atoms with Gasteiger partial charge in [0, 0.05) is 18.2 Å². The van der Waals surface area contributed by atoms with Gasteiger partial charge in [0.15, 0.2) is 0 Å². The molecule has 2 nitrogen and oxygen atoms in total. The average Bonchev–Trinajstić information content (AvgIpc) is 3.19. The SMILES string of the molecule is CC(C)C(C)OC(CNC1CC1)c1ccccc1F. The zero-order valence-electron chi connectivity index (χ0n) is 12.0. The van der Waals surface area contributed by atoms with Crippen LogP contribution in [0.1, 0.15) is 45.3 Å². The van der Waals surface area contributed by atoms with E-state index in [9.17, 15) is 4.39 Å². The monoisotopic (exact) mass is 265 g/mol. The maximum Gasteiger partial charge on any atom is 0.129 e. The summed E-state index contributed by atoms with van der Waals surface area (Å²) in [4.78, 5) is 0. The van der Waals surface area contributed by atoms with Gasteiger partial charge in [0.25, 0.3) is 0 Å². The maximum atomic E-state index is 13.9. The van der Waals surface area contributed by atoms with Crippen molar-refractivity contribution >= 4 is 0 Å². The third-order valence-corrected chi connectivity index (χ3v) is 3.74. The topological polar surface area (TPSA) is 21.3 Å². The van der Waals surface area contributed by atoms with E-state index in [0.717, 1.165) is 0 Å². The third kappa shape index (κ3) is 4.29. The molecule has 2 atom stereocenters. The number of ether oxygens (including phenoxy) is 1. The van der Waals surface area contributed by atoms with Crippen molar-refractivity contribution in [3.05, 3.63) is 35.6 Å². The molecule has 0 heterocycles. The first-order chi connectivity index (χ1) is 9.08. The van der Waals surface area contributed by atoms with Crippen molar-refractivity contribution in [2.75, 3.05) is 6.54 Å². The standard InChI is InChI=1S/C16H24FNO/c1-11(2)12(3)19-16(10-18-13-8-9-13)14-6-4-5-7-15(14)17/h4-7,11-13,16,18H,8-10H2,1-3H3. The van der Waals surface area contributed by atoms with Gasteiger partial charge in [-0.05, 0) is 31.7 Å². The fourth-order valence-corrected chi connectivity index (χ4v) is 1.94. The summed E-state index contributed by atoms with van der Waals surface area (Å²) in [5.41, 5.74) is 0.656. The molecule has 0 saturated heterocycles. The Morgan fingerprint density at radius 1 is 1.26 bits per heavy atom. The second-order valence-corrected chi connectivity index (χ2v) is 5.78. The second-order valence-electron chi connectivity index (χ2n) is 5.78. The van der Waals surface area contributed by atoms with Crippen molar-refractivity contribution in [1.82, 2.24) is 5.32 Å². The Labute approximate surface area is 115 Å². The summed E-state index contributed by atoms with van der Waals surface area (Å²) < 4.78 is 20.0. The first kappa shape index (κ1) is 14.5. The summed E-state index contributed by atoms with van der Waals surface area (Å²) in [7, 11) is 0. The van der Waals surface area contributed by atoms with Crippen LogP contribution in [0.4, 0.5) is 4.39 Å². The van der Waals surface area contributed by atoms with E-state index < -0.39 is 0 Å². The summed E-state index contributed by atoms with van der Waals surface area (Å²) in [6, 6.07) is 7.51. The lowest BCUT2D eigenvalue weighted by molar-refractivity contribution is -0.0276. The van der Waals surface area contributed by atoms with E-state index in [0.29, 0.717) is 24.1 Å². The quantitative estimate of drug-likeness (QED) is 0.812.